The number of nitrogens with zero attached hydrogens (tertiary/aromatic N) is 1. The average molecular weight is 1780 g/mol. The summed E-state index contributed by atoms with van der Waals surface area (Å²) in [6, 6.07) is 49.2. The second-order valence-corrected chi connectivity index (χ2v) is 33.9. The maximum Gasteiger partial charge on any atom is 0.163 e. The summed E-state index contributed by atoms with van der Waals surface area (Å²) in [4.78, 5) is 63.1. The van der Waals surface area contributed by atoms with E-state index in [0.717, 1.165) is 25.9 Å². The average Bonchev–Trinajstić information content (AvgIpc) is 0.849. The topological polar surface area (TPSA) is 355 Å². The van der Waals surface area contributed by atoms with Gasteiger partial charge in [-0.25, -0.2) is 9.59 Å². The van der Waals surface area contributed by atoms with Crippen LogP contribution in [0.3, 0.4) is 0 Å². The third-order valence-electron chi connectivity index (χ3n) is 19.9. The summed E-state index contributed by atoms with van der Waals surface area (Å²) in [7, 11) is -8.14. The van der Waals surface area contributed by atoms with Gasteiger partial charge >= 0.3 is 44.9 Å². The van der Waals surface area contributed by atoms with Gasteiger partial charge in [0.2, 0.25) is 11.8 Å². The number of nitrogens with two attached hydrogens (primary N) is 3. The summed E-state index contributed by atoms with van der Waals surface area (Å²) in [5.74, 6) is 1.28. The Balaban J connectivity index is 0.000000360. The van der Waals surface area contributed by atoms with Crippen LogP contribution in [0.4, 0.5) is 47.9 Å². The largest absolute Gasteiger partial charge is 0.487 e. The number of ether oxygens (including phenoxy) is 12. The minimum atomic E-state index is -10.7. The van der Waals surface area contributed by atoms with Gasteiger partial charge in [-0.15, -0.1) is 0 Å². The van der Waals surface area contributed by atoms with Crippen molar-refractivity contribution in [2.75, 3.05) is 137 Å². The Morgan fingerprint density at radius 3 is 1.26 bits per heavy atom. The second-order valence-electron chi connectivity index (χ2n) is 31.9. The zero-order valence-corrected chi connectivity index (χ0v) is 72.8. The van der Waals surface area contributed by atoms with E-state index in [9.17, 15) is 64.7 Å². The van der Waals surface area contributed by atoms with Crippen LogP contribution in [0, 0.1) is 10.1 Å². The number of benzene rings is 9. The zero-order valence-electron chi connectivity index (χ0n) is 71.9. The van der Waals surface area contributed by atoms with Crippen LogP contribution in [-0.2, 0) is 90.7 Å². The van der Waals surface area contributed by atoms with Crippen molar-refractivity contribution < 1.29 is 122 Å². The van der Waals surface area contributed by atoms with E-state index in [1.807, 2.05) is 66.7 Å². The fourth-order valence-corrected chi connectivity index (χ4v) is 13.5. The Bertz CT molecular complexity index is 5000. The molecule has 0 atom stereocenters. The molecule has 0 fully saturated rings. The molecule has 2 aliphatic rings. The van der Waals surface area contributed by atoms with E-state index in [0.29, 0.717) is 204 Å². The van der Waals surface area contributed by atoms with Gasteiger partial charge in [-0.05, 0) is 174 Å². The number of nitro groups is 1. The number of carbonyl (C=O) groups excluding carboxylic acids is 4. The molecule has 9 aromatic carbocycles. The zero-order chi connectivity index (χ0) is 91.3. The Hall–Kier alpha value is -11.9. The molecule has 9 aromatic rings. The normalized spacial score (nSPS) is 14.3. The van der Waals surface area contributed by atoms with Crippen molar-refractivity contribution in [2.24, 2.45) is 0 Å². The first kappa shape index (κ1) is 97.9. The monoisotopic (exact) mass is 1780 g/mol. The van der Waals surface area contributed by atoms with Gasteiger partial charge in [0.05, 0.1) is 78.5 Å². The summed E-state index contributed by atoms with van der Waals surface area (Å²) in [5, 5.41) is 44.8. The van der Waals surface area contributed by atoms with Crippen molar-refractivity contribution >= 4 is 54.3 Å². The van der Waals surface area contributed by atoms with Crippen LogP contribution in [0.2, 0.25) is 0 Å². The Kier molecular flexibility index (Phi) is 34.8. The summed E-state index contributed by atoms with van der Waals surface area (Å²) in [5.41, 5.74) is 24.2. The van der Waals surface area contributed by atoms with E-state index in [1.165, 1.54) is 43.0 Å². The number of hydrogen-bond donors (Lipinski definition) is 7. The molecule has 680 valence electrons. The summed E-state index contributed by atoms with van der Waals surface area (Å²) >= 11 is 0. The molecule has 1 heterocycles. The van der Waals surface area contributed by atoms with Gasteiger partial charge in [0, 0.05) is 92.0 Å². The number of carbonyl (C=O) groups is 4. The van der Waals surface area contributed by atoms with Gasteiger partial charge in [-0.3, -0.25) is 19.7 Å². The molecule has 0 aromatic heterocycles. The number of hydrogen-bond acceptors (Lipinski definition) is 22. The predicted molar refractivity (Wildman–Crippen MR) is 468 cm³/mol. The molecule has 1 aliphatic heterocycles. The molecule has 2 amide bonds. The third kappa shape index (κ3) is 32.9. The van der Waals surface area contributed by atoms with Gasteiger partial charge in [0.1, 0.15) is 56.0 Å². The molecule has 10 N–H and O–H groups in total. The number of esters is 2. The first-order valence-corrected chi connectivity index (χ1v) is 43.1. The molecule has 0 saturated carbocycles. The number of para-hydroxylation sites is 2. The molecule has 33 heteroatoms. The number of phenolic OH excluding ortho intramolecular Hbond substituents is 2. The second kappa shape index (κ2) is 44.8. The molecule has 0 saturated heterocycles. The van der Waals surface area contributed by atoms with Crippen molar-refractivity contribution in [3.8, 4) is 68.2 Å². The van der Waals surface area contributed by atoms with E-state index in [1.54, 1.807) is 66.7 Å². The van der Waals surface area contributed by atoms with E-state index in [4.69, 9.17) is 68.3 Å². The molecule has 26 nitrogen and oxygen atoms in total. The Morgan fingerprint density at radius 1 is 0.468 bits per heavy atom. The molecule has 1 aliphatic carbocycles. The predicted octanol–water partition coefficient (Wildman–Crippen LogP) is 16.6. The summed E-state index contributed by atoms with van der Waals surface area (Å²) in [6.45, 7) is 19.4. The number of quaternary nitrogens is 1. The number of amides is 2. The minimum absolute atomic E-state index is 0.0220. The number of anilines is 3. The maximum atomic E-state index is 13.4. The number of fused-ring (bicyclic) bond motifs is 10. The molecule has 8 bridgehead atoms. The standard InChI is InChI=1S/C69H76N4O12.C24H34N2O8.F6P/c1-68(2,3)56-27-43(28-57(39-56)69(4,5)6)40-70-25-10-9-23-60(74)71-26-24-61(75)72-58-21-13-15-44(37-58)50-33-52-29-46-17-11-19-48(66(46)84-41-62(76)82-7)31-54-35-51(45-16-14-22-59(38-45)73(80)81)36-55(65(54)79)32-49-20-12-18-47(30-53(34-50)64(52)78)67(49)85-42-63(77)83-8;25-19-1-3-21-23(17-19)33-15-11-29-7-8-30-12-16-34-24-18-20(26)2-4-22(24)32-14-10-28-6-5-27-9-13-31-21;1-7(2,3,4,5)6/h11-22,27-28,33-39,70,78-79H,9-10,23-26,29-32,40-42H2,1-8H3,(H,71,74)(H,72,75);1-4,17-18H,5-16,25-26H2;/q;;-1/p+1. The number of unbranched alkanes of at least 4 members (excludes halogenated alkanes) is 1. The van der Waals surface area contributed by atoms with E-state index in [2.05, 4.69) is 75.7 Å². The number of rotatable bonds is 20. The molecule has 0 unspecified atom stereocenters. The number of halogens is 6. The molecular weight excluding hydrogens is 1670 g/mol. The van der Waals surface area contributed by atoms with Crippen LogP contribution in [-0.4, -0.2) is 159 Å². The van der Waals surface area contributed by atoms with E-state index in [-0.39, 0.29) is 78.5 Å². The Morgan fingerprint density at radius 2 is 0.857 bits per heavy atom. The maximum absolute atomic E-state index is 13.4. The van der Waals surface area contributed by atoms with Gasteiger partial charge in [0.15, 0.2) is 36.2 Å². The van der Waals surface area contributed by atoms with Crippen molar-refractivity contribution in [3.05, 3.63) is 235 Å². The quantitative estimate of drug-likeness (QED) is 0.00709. The van der Waals surface area contributed by atoms with E-state index < -0.39 is 37.9 Å². The van der Waals surface area contributed by atoms with Crippen molar-refractivity contribution in [1.29, 1.82) is 0 Å². The van der Waals surface area contributed by atoms with Crippen molar-refractivity contribution in [1.82, 2.24) is 5.32 Å². The SMILES string of the molecule is COC(=O)COc1c2cccc1Cc1cc(-c3cccc([N+](=O)[O-])c3)cc(c1O)Cc1cccc(c1OCC(=O)OC)Cc1cc(-c3cccc(NC(=O)CCNC(=O)CCCC[NH2+]Cc4cc(C(C)(C)C)cc(C(C)(C)C)c4)c3)cc(c1O)C2.F[P-](F)(F)(F)(F)F.Nc1ccc2c(c1)OCCOCCOCCOc1cc(N)ccc1OCCOCCOCCO2. The number of nitro benzene ring substituents is 1. The van der Waals surface area contributed by atoms with Gasteiger partial charge in [-0.2, -0.15) is 0 Å². The van der Waals surface area contributed by atoms with Gasteiger partial charge in [0.25, 0.3) is 5.69 Å². The number of non-ortho nitro benzene ring substituents is 1. The summed E-state index contributed by atoms with van der Waals surface area (Å²) < 4.78 is 127. The minimum Gasteiger partial charge on any atom is -0.487 e. The van der Waals surface area contributed by atoms with Crippen LogP contribution in [0.15, 0.2) is 164 Å². The number of nitrogens with one attached hydrogen (secondary N) is 2. The van der Waals surface area contributed by atoms with Crippen LogP contribution in [0.1, 0.15) is 128 Å². The van der Waals surface area contributed by atoms with Crippen LogP contribution >= 0.6 is 7.81 Å². The number of phenols is 2. The van der Waals surface area contributed by atoms with Crippen molar-refractivity contribution in [2.45, 2.75) is 110 Å². The molecule has 0 spiro atoms. The van der Waals surface area contributed by atoms with Gasteiger partial charge < -0.3 is 94.5 Å². The molecule has 11 rings (SSSR count). The fraction of sp³-hybridized carbons (Fsp3) is 0.376. The number of methoxy groups -OCH3 is 2. The molecule has 0 radical (unpaired) electrons. The Labute approximate surface area is 728 Å². The summed E-state index contributed by atoms with van der Waals surface area (Å²) in [6.07, 6.45) is 2.40. The number of nitrogen functional groups attached to an aromatic ring is 2. The third-order valence-corrected chi connectivity index (χ3v) is 19.9. The van der Waals surface area contributed by atoms with Crippen LogP contribution < -0.4 is 55.8 Å². The van der Waals surface area contributed by atoms with Gasteiger partial charge in [-0.1, -0.05) is 108 Å². The fourth-order valence-electron chi connectivity index (χ4n) is 13.5. The van der Waals surface area contributed by atoms with E-state index >= 15 is 0 Å². The smallest absolute Gasteiger partial charge is 0.163 e. The molecular formula is C93H111F6N6O20P. The first-order valence-electron chi connectivity index (χ1n) is 41.1. The number of aromatic hydroxyl groups is 2. The van der Waals surface area contributed by atoms with Crippen molar-refractivity contribution in [3.63, 3.8) is 0 Å². The van der Waals surface area contributed by atoms with Crippen LogP contribution in [0.25, 0.3) is 22.3 Å². The van der Waals surface area contributed by atoms with Crippen LogP contribution in [0.5, 0.6) is 46.0 Å². The molecule has 126 heavy (non-hydrogen) atoms. The first-order chi connectivity index (χ1) is 59.7.